The highest BCUT2D eigenvalue weighted by Crippen LogP contribution is 2.25. The number of carboxylic acids is 1. The molecule has 0 aliphatic carbocycles. The number of thiophene rings is 1. The third-order valence-corrected chi connectivity index (χ3v) is 6.53. The van der Waals surface area contributed by atoms with Crippen molar-refractivity contribution in [3.05, 3.63) is 17.0 Å². The zero-order chi connectivity index (χ0) is 16.3. The van der Waals surface area contributed by atoms with Gasteiger partial charge < -0.3 is 10.0 Å². The number of likely N-dealkylation sites (tertiary alicyclic amines) is 1. The molecule has 1 amide bonds. The molecule has 1 aromatic heterocycles. The Morgan fingerprint density at radius 3 is 2.77 bits per heavy atom. The predicted octanol–water partition coefficient (Wildman–Crippen LogP) is 1.87. The Hall–Kier alpha value is -1.41. The van der Waals surface area contributed by atoms with Crippen LogP contribution in [0.4, 0.5) is 0 Å². The van der Waals surface area contributed by atoms with Gasteiger partial charge >= 0.3 is 5.97 Å². The van der Waals surface area contributed by atoms with Gasteiger partial charge in [-0.15, -0.1) is 11.3 Å². The zero-order valence-corrected chi connectivity index (χ0v) is 14.0. The second-order valence-electron chi connectivity index (χ2n) is 5.62. The molecule has 2 rings (SSSR count). The van der Waals surface area contributed by atoms with Crippen molar-refractivity contribution in [3.8, 4) is 0 Å². The number of hydrogen-bond acceptors (Lipinski definition) is 5. The van der Waals surface area contributed by atoms with Gasteiger partial charge in [0.05, 0.1) is 5.56 Å². The van der Waals surface area contributed by atoms with E-state index < -0.39 is 15.8 Å². The topological polar surface area (TPSA) is 91.8 Å². The SMILES string of the molecule is CS(=O)(=O)c1cc(C(=O)N2CCCC(CCC(=O)O)C2)cs1. The van der Waals surface area contributed by atoms with Crippen LogP contribution in [-0.2, 0) is 14.6 Å². The van der Waals surface area contributed by atoms with Crippen LogP contribution in [0.1, 0.15) is 36.0 Å². The summed E-state index contributed by atoms with van der Waals surface area (Å²) >= 11 is 1.05. The van der Waals surface area contributed by atoms with E-state index in [4.69, 9.17) is 5.11 Å². The van der Waals surface area contributed by atoms with Crippen molar-refractivity contribution in [3.63, 3.8) is 0 Å². The summed E-state index contributed by atoms with van der Waals surface area (Å²) in [6.45, 7) is 1.17. The first-order chi connectivity index (χ1) is 10.3. The molecule has 122 valence electrons. The van der Waals surface area contributed by atoms with Gasteiger partial charge in [-0.25, -0.2) is 8.42 Å². The molecule has 6 nitrogen and oxygen atoms in total. The minimum Gasteiger partial charge on any atom is -0.481 e. The Morgan fingerprint density at radius 1 is 1.45 bits per heavy atom. The number of carboxylic acid groups (broad SMARTS) is 1. The zero-order valence-electron chi connectivity index (χ0n) is 12.3. The largest absolute Gasteiger partial charge is 0.481 e. The van der Waals surface area contributed by atoms with E-state index in [0.717, 1.165) is 30.4 Å². The number of aliphatic carboxylic acids is 1. The summed E-state index contributed by atoms with van der Waals surface area (Å²) in [5, 5.41) is 10.3. The molecule has 0 aromatic carbocycles. The van der Waals surface area contributed by atoms with E-state index in [0.29, 0.717) is 25.1 Å². The highest BCUT2D eigenvalue weighted by atomic mass is 32.2. The highest BCUT2D eigenvalue weighted by molar-refractivity contribution is 7.92. The highest BCUT2D eigenvalue weighted by Gasteiger charge is 2.26. The molecular weight excluding hydrogens is 326 g/mol. The third kappa shape index (κ3) is 4.30. The van der Waals surface area contributed by atoms with Crippen molar-refractivity contribution in [2.45, 2.75) is 29.9 Å². The van der Waals surface area contributed by atoms with Gasteiger partial charge in [-0.3, -0.25) is 9.59 Å². The number of carbonyl (C=O) groups excluding carboxylic acids is 1. The van der Waals surface area contributed by atoms with E-state index >= 15 is 0 Å². The molecule has 1 atom stereocenters. The average Bonchev–Trinajstić information content (AvgIpc) is 2.94. The summed E-state index contributed by atoms with van der Waals surface area (Å²) in [5.41, 5.74) is 0.393. The fraction of sp³-hybridized carbons (Fsp3) is 0.571. The molecular formula is C14H19NO5S2. The quantitative estimate of drug-likeness (QED) is 0.879. The van der Waals surface area contributed by atoms with Crippen LogP contribution in [0.3, 0.4) is 0 Å². The molecule has 1 saturated heterocycles. The smallest absolute Gasteiger partial charge is 0.303 e. The first kappa shape index (κ1) is 17.0. The monoisotopic (exact) mass is 345 g/mol. The normalized spacial score (nSPS) is 19.1. The van der Waals surface area contributed by atoms with Crippen LogP contribution in [0.5, 0.6) is 0 Å². The van der Waals surface area contributed by atoms with E-state index in [1.165, 1.54) is 6.07 Å². The lowest BCUT2D eigenvalue weighted by molar-refractivity contribution is -0.137. The molecule has 0 radical (unpaired) electrons. The summed E-state index contributed by atoms with van der Waals surface area (Å²) < 4.78 is 23.1. The molecule has 1 aliphatic rings. The third-order valence-electron chi connectivity index (χ3n) is 3.76. The number of piperidine rings is 1. The molecule has 1 fully saturated rings. The summed E-state index contributed by atoms with van der Waals surface area (Å²) in [4.78, 5) is 24.8. The van der Waals surface area contributed by atoms with Crippen molar-refractivity contribution in [1.82, 2.24) is 4.90 Å². The van der Waals surface area contributed by atoms with Gasteiger partial charge in [0.15, 0.2) is 9.84 Å². The van der Waals surface area contributed by atoms with Crippen molar-refractivity contribution >= 4 is 33.1 Å². The molecule has 1 N–H and O–H groups in total. The second-order valence-corrected chi connectivity index (χ2v) is 8.77. The lowest BCUT2D eigenvalue weighted by atomic mass is 9.93. The molecule has 1 aromatic rings. The fourth-order valence-electron chi connectivity index (χ4n) is 2.62. The molecule has 0 spiro atoms. The maximum absolute atomic E-state index is 12.4. The molecule has 8 heteroatoms. The van der Waals surface area contributed by atoms with Gasteiger partial charge in [0.25, 0.3) is 5.91 Å². The summed E-state index contributed by atoms with van der Waals surface area (Å²) in [5.74, 6) is -0.799. The number of nitrogens with zero attached hydrogens (tertiary/aromatic N) is 1. The Kier molecular flexibility index (Phi) is 5.23. The van der Waals surface area contributed by atoms with Crippen LogP contribution in [0.2, 0.25) is 0 Å². The van der Waals surface area contributed by atoms with Crippen LogP contribution in [-0.4, -0.2) is 49.6 Å². The van der Waals surface area contributed by atoms with E-state index in [1.54, 1.807) is 10.3 Å². The van der Waals surface area contributed by atoms with E-state index in [-0.39, 0.29) is 22.5 Å². The van der Waals surface area contributed by atoms with Gasteiger partial charge in [-0.1, -0.05) is 0 Å². The number of carbonyl (C=O) groups is 2. The fourth-order valence-corrected chi connectivity index (χ4v) is 4.41. The van der Waals surface area contributed by atoms with Gasteiger partial charge in [0, 0.05) is 31.1 Å². The van der Waals surface area contributed by atoms with Crippen LogP contribution in [0.25, 0.3) is 0 Å². The Bertz CT molecular complexity index is 665. The predicted molar refractivity (Wildman–Crippen MR) is 82.9 cm³/mol. The van der Waals surface area contributed by atoms with Crippen LogP contribution in [0, 0.1) is 5.92 Å². The maximum Gasteiger partial charge on any atom is 0.303 e. The minimum absolute atomic E-state index is 0.114. The minimum atomic E-state index is -3.29. The van der Waals surface area contributed by atoms with Gasteiger partial charge in [-0.2, -0.15) is 0 Å². The summed E-state index contributed by atoms with van der Waals surface area (Å²) in [6.07, 6.45) is 3.57. The van der Waals surface area contributed by atoms with Crippen molar-refractivity contribution in [2.24, 2.45) is 5.92 Å². The first-order valence-corrected chi connectivity index (χ1v) is 9.84. The number of rotatable bonds is 5. The Labute approximate surface area is 133 Å². The molecule has 1 aliphatic heterocycles. The lowest BCUT2D eigenvalue weighted by Gasteiger charge is -2.32. The summed E-state index contributed by atoms with van der Waals surface area (Å²) in [6, 6.07) is 1.42. The Morgan fingerprint density at radius 2 is 2.18 bits per heavy atom. The van der Waals surface area contributed by atoms with Crippen LogP contribution in [0.15, 0.2) is 15.7 Å². The molecule has 22 heavy (non-hydrogen) atoms. The molecule has 0 saturated carbocycles. The van der Waals surface area contributed by atoms with Gasteiger partial charge in [0.2, 0.25) is 0 Å². The number of amides is 1. The van der Waals surface area contributed by atoms with Gasteiger partial charge in [-0.05, 0) is 31.2 Å². The maximum atomic E-state index is 12.4. The van der Waals surface area contributed by atoms with Crippen LogP contribution >= 0.6 is 11.3 Å². The molecule has 0 bridgehead atoms. The standard InChI is InChI=1S/C14H19NO5S2/c1-22(19,20)13-7-11(9-21-13)14(18)15-6-2-3-10(8-15)4-5-12(16)17/h7,9-10H,2-6,8H2,1H3,(H,16,17). The number of sulfone groups is 1. The second kappa shape index (κ2) is 6.78. The summed E-state index contributed by atoms with van der Waals surface area (Å²) in [7, 11) is -3.29. The Balaban J connectivity index is 2.02. The number of hydrogen-bond donors (Lipinski definition) is 1. The van der Waals surface area contributed by atoms with Crippen LogP contribution < -0.4 is 0 Å². The molecule has 1 unspecified atom stereocenters. The van der Waals surface area contributed by atoms with Gasteiger partial charge in [0.1, 0.15) is 4.21 Å². The van der Waals surface area contributed by atoms with Crippen molar-refractivity contribution in [1.29, 1.82) is 0 Å². The average molecular weight is 345 g/mol. The van der Waals surface area contributed by atoms with E-state index in [2.05, 4.69) is 0 Å². The first-order valence-electron chi connectivity index (χ1n) is 7.07. The van der Waals surface area contributed by atoms with E-state index in [9.17, 15) is 18.0 Å². The van der Waals surface area contributed by atoms with Crippen molar-refractivity contribution < 1.29 is 23.1 Å². The van der Waals surface area contributed by atoms with Crippen molar-refractivity contribution in [2.75, 3.05) is 19.3 Å². The molecule has 2 heterocycles. The lowest BCUT2D eigenvalue weighted by Crippen LogP contribution is -2.39. The van der Waals surface area contributed by atoms with E-state index in [1.807, 2.05) is 0 Å².